The zero-order valence-corrected chi connectivity index (χ0v) is 13.2. The highest BCUT2D eigenvalue weighted by Crippen LogP contribution is 2.23. The highest BCUT2D eigenvalue weighted by atomic mass is 16.5. The minimum atomic E-state index is -0.375. The number of methoxy groups -OCH3 is 1. The lowest BCUT2D eigenvalue weighted by Crippen LogP contribution is -2.50. The van der Waals surface area contributed by atoms with Crippen LogP contribution >= 0.6 is 0 Å². The van der Waals surface area contributed by atoms with Crippen LogP contribution in [0.15, 0.2) is 6.33 Å². The molecule has 2 rings (SSSR count). The van der Waals surface area contributed by atoms with Crippen molar-refractivity contribution in [3.8, 4) is 0 Å². The van der Waals surface area contributed by atoms with Gasteiger partial charge in [-0.25, -0.2) is 9.67 Å². The zero-order valence-electron chi connectivity index (χ0n) is 13.2. The quantitative estimate of drug-likeness (QED) is 0.875. The van der Waals surface area contributed by atoms with Gasteiger partial charge in [-0.1, -0.05) is 0 Å². The van der Waals surface area contributed by atoms with Crippen LogP contribution in [0.2, 0.25) is 0 Å². The van der Waals surface area contributed by atoms with E-state index in [4.69, 9.17) is 9.47 Å². The number of ether oxygens (including phenoxy) is 2. The van der Waals surface area contributed by atoms with Gasteiger partial charge in [0.1, 0.15) is 6.33 Å². The molecule has 1 saturated heterocycles. The highest BCUT2D eigenvalue weighted by Gasteiger charge is 2.37. The van der Waals surface area contributed by atoms with Gasteiger partial charge in [0.05, 0.1) is 17.7 Å². The number of nitrogens with zero attached hydrogens (tertiary/aromatic N) is 3. The molecule has 1 aromatic heterocycles. The first-order valence-corrected chi connectivity index (χ1v) is 7.18. The largest absolute Gasteiger partial charge is 0.385 e. The standard InChI is InChI=1S/C14H24N4O3/c1-13(2,3)18-10-15-11(17-18)12(19)16-14(5-7-20-4)6-8-21-9-14/h10H,5-9H2,1-4H3,(H,16,19)/t14-/m0/s1. The molecule has 7 nitrogen and oxygen atoms in total. The second kappa shape index (κ2) is 6.11. The van der Waals surface area contributed by atoms with Crippen molar-refractivity contribution in [3.05, 3.63) is 12.2 Å². The third-order valence-electron chi connectivity index (χ3n) is 3.65. The summed E-state index contributed by atoms with van der Waals surface area (Å²) in [4.78, 5) is 16.5. The number of rotatable bonds is 5. The molecule has 1 N–H and O–H groups in total. The van der Waals surface area contributed by atoms with E-state index in [0.29, 0.717) is 19.8 Å². The summed E-state index contributed by atoms with van der Waals surface area (Å²) in [7, 11) is 1.65. The van der Waals surface area contributed by atoms with E-state index >= 15 is 0 Å². The lowest BCUT2D eigenvalue weighted by atomic mass is 9.94. The van der Waals surface area contributed by atoms with Crippen LogP contribution in [-0.4, -0.2) is 53.1 Å². The Bertz CT molecular complexity index is 487. The molecule has 0 aromatic carbocycles. The third-order valence-corrected chi connectivity index (χ3v) is 3.65. The van der Waals surface area contributed by atoms with Gasteiger partial charge in [-0.2, -0.15) is 0 Å². The Kier molecular flexibility index (Phi) is 4.63. The van der Waals surface area contributed by atoms with Crippen LogP contribution in [-0.2, 0) is 15.0 Å². The molecule has 0 bridgehead atoms. The first-order valence-electron chi connectivity index (χ1n) is 7.18. The Morgan fingerprint density at radius 2 is 2.33 bits per heavy atom. The zero-order chi connectivity index (χ0) is 15.5. The van der Waals surface area contributed by atoms with Gasteiger partial charge in [-0.15, -0.1) is 5.10 Å². The molecule has 1 amide bonds. The Balaban J connectivity index is 2.07. The summed E-state index contributed by atoms with van der Waals surface area (Å²) in [5, 5.41) is 7.28. The summed E-state index contributed by atoms with van der Waals surface area (Å²) in [5.74, 6) is -0.0757. The first kappa shape index (κ1) is 15.9. The smallest absolute Gasteiger partial charge is 0.291 e. The molecular weight excluding hydrogens is 272 g/mol. The number of carbonyl (C=O) groups is 1. The van der Waals surface area contributed by atoms with Crippen molar-refractivity contribution in [1.82, 2.24) is 20.1 Å². The Hall–Kier alpha value is -1.47. The van der Waals surface area contributed by atoms with E-state index in [2.05, 4.69) is 15.4 Å². The van der Waals surface area contributed by atoms with Gasteiger partial charge in [0.15, 0.2) is 0 Å². The second-order valence-corrected chi connectivity index (χ2v) is 6.46. The van der Waals surface area contributed by atoms with E-state index in [1.165, 1.54) is 0 Å². The lowest BCUT2D eigenvalue weighted by Gasteiger charge is -2.27. The van der Waals surface area contributed by atoms with E-state index in [9.17, 15) is 4.79 Å². The fourth-order valence-corrected chi connectivity index (χ4v) is 2.25. The number of amides is 1. The lowest BCUT2D eigenvalue weighted by molar-refractivity contribution is 0.0818. The van der Waals surface area contributed by atoms with Gasteiger partial charge in [0.2, 0.25) is 5.82 Å². The highest BCUT2D eigenvalue weighted by molar-refractivity contribution is 5.90. The fraction of sp³-hybridized carbons (Fsp3) is 0.786. The van der Waals surface area contributed by atoms with Crippen LogP contribution in [0.3, 0.4) is 0 Å². The van der Waals surface area contributed by atoms with E-state index < -0.39 is 0 Å². The van der Waals surface area contributed by atoms with E-state index in [0.717, 1.165) is 12.8 Å². The molecule has 7 heteroatoms. The number of hydrogen-bond acceptors (Lipinski definition) is 5. The first-order chi connectivity index (χ1) is 9.86. The molecule has 0 spiro atoms. The molecule has 1 atom stereocenters. The van der Waals surface area contributed by atoms with Crippen LogP contribution in [0.1, 0.15) is 44.2 Å². The minimum absolute atomic E-state index is 0.189. The maximum Gasteiger partial charge on any atom is 0.291 e. The van der Waals surface area contributed by atoms with Gasteiger partial charge in [0, 0.05) is 20.3 Å². The third kappa shape index (κ3) is 3.79. The monoisotopic (exact) mass is 296 g/mol. The molecule has 1 aromatic rings. The van der Waals surface area contributed by atoms with Crippen LogP contribution in [0.25, 0.3) is 0 Å². The average Bonchev–Trinajstić information content (AvgIpc) is 3.05. The summed E-state index contributed by atoms with van der Waals surface area (Å²) in [6.45, 7) is 7.75. The Labute approximate surface area is 125 Å². The molecule has 0 radical (unpaired) electrons. The summed E-state index contributed by atoms with van der Waals surface area (Å²) in [6.07, 6.45) is 3.08. The predicted molar refractivity (Wildman–Crippen MR) is 77.1 cm³/mol. The van der Waals surface area contributed by atoms with Crippen molar-refractivity contribution in [3.63, 3.8) is 0 Å². The maximum absolute atomic E-state index is 12.4. The van der Waals surface area contributed by atoms with Crippen molar-refractivity contribution < 1.29 is 14.3 Å². The number of aromatic nitrogens is 3. The molecule has 0 unspecified atom stereocenters. The maximum atomic E-state index is 12.4. The van der Waals surface area contributed by atoms with Crippen molar-refractivity contribution in [2.24, 2.45) is 0 Å². The molecule has 0 aliphatic carbocycles. The van der Waals surface area contributed by atoms with Crippen molar-refractivity contribution in [2.45, 2.75) is 44.7 Å². The molecule has 21 heavy (non-hydrogen) atoms. The SMILES string of the molecule is COCC[C@]1(NC(=O)c2ncn(C(C)(C)C)n2)CCOC1. The Morgan fingerprint density at radius 1 is 1.57 bits per heavy atom. The summed E-state index contributed by atoms with van der Waals surface area (Å²) < 4.78 is 12.2. The Morgan fingerprint density at radius 3 is 2.86 bits per heavy atom. The molecule has 1 aliphatic heterocycles. The van der Waals surface area contributed by atoms with Gasteiger partial charge >= 0.3 is 0 Å². The molecule has 1 fully saturated rings. The van der Waals surface area contributed by atoms with Gasteiger partial charge in [0.25, 0.3) is 5.91 Å². The van der Waals surface area contributed by atoms with Gasteiger partial charge in [-0.3, -0.25) is 4.79 Å². The van der Waals surface area contributed by atoms with Crippen LogP contribution in [0.4, 0.5) is 0 Å². The van der Waals surface area contributed by atoms with Crippen LogP contribution < -0.4 is 5.32 Å². The minimum Gasteiger partial charge on any atom is -0.385 e. The topological polar surface area (TPSA) is 78.3 Å². The van der Waals surface area contributed by atoms with Gasteiger partial charge in [-0.05, 0) is 33.6 Å². The molecule has 118 valence electrons. The summed E-state index contributed by atoms with van der Waals surface area (Å²) in [5.41, 5.74) is -0.573. The number of nitrogens with one attached hydrogen (secondary N) is 1. The normalized spacial score (nSPS) is 22.5. The van der Waals surface area contributed by atoms with Crippen molar-refractivity contribution >= 4 is 5.91 Å². The van der Waals surface area contributed by atoms with E-state index in [1.807, 2.05) is 20.8 Å². The summed E-state index contributed by atoms with van der Waals surface area (Å²) >= 11 is 0. The molecule has 2 heterocycles. The van der Waals surface area contributed by atoms with E-state index in [1.54, 1.807) is 18.1 Å². The average molecular weight is 296 g/mol. The number of carbonyl (C=O) groups excluding carboxylic acids is 1. The number of hydrogen-bond donors (Lipinski definition) is 1. The fourth-order valence-electron chi connectivity index (χ4n) is 2.25. The van der Waals surface area contributed by atoms with Crippen molar-refractivity contribution in [2.75, 3.05) is 26.9 Å². The van der Waals surface area contributed by atoms with Crippen LogP contribution in [0.5, 0.6) is 0 Å². The predicted octanol–water partition coefficient (Wildman–Crippen LogP) is 0.958. The molecular formula is C14H24N4O3. The summed E-state index contributed by atoms with van der Waals surface area (Å²) in [6, 6.07) is 0. The van der Waals surface area contributed by atoms with Gasteiger partial charge < -0.3 is 14.8 Å². The van der Waals surface area contributed by atoms with Crippen LogP contribution in [0, 0.1) is 0 Å². The second-order valence-electron chi connectivity index (χ2n) is 6.46. The van der Waals surface area contributed by atoms with Crippen molar-refractivity contribution in [1.29, 1.82) is 0 Å². The van der Waals surface area contributed by atoms with E-state index in [-0.39, 0.29) is 22.8 Å². The molecule has 1 aliphatic rings. The molecule has 0 saturated carbocycles.